The standard InChI is InChI=1S/C23H24BN3O2/c1-3-27-20(23(25)19-12-11-18(29-2)15-21(19)27)13-8-16-6-9-17(10-7-16)26-22(28)5-4-14-24/h6-7,9-12,15H,3-5,14,25H2,1-2H3,(H,26,28). The first-order chi connectivity index (χ1) is 14.1. The number of benzene rings is 2. The summed E-state index contributed by atoms with van der Waals surface area (Å²) >= 11 is 0. The molecule has 2 aromatic carbocycles. The third-order valence-corrected chi connectivity index (χ3v) is 4.73. The summed E-state index contributed by atoms with van der Waals surface area (Å²) < 4.78 is 7.42. The number of methoxy groups -OCH3 is 1. The summed E-state index contributed by atoms with van der Waals surface area (Å²) in [5, 5.41) is 3.82. The van der Waals surface area contributed by atoms with Crippen LogP contribution in [-0.4, -0.2) is 25.4 Å². The maximum absolute atomic E-state index is 11.8. The molecule has 1 amide bonds. The molecule has 1 heterocycles. The number of aromatic nitrogens is 1. The van der Waals surface area contributed by atoms with Crippen molar-refractivity contribution >= 4 is 36.0 Å². The molecule has 0 fully saturated rings. The Morgan fingerprint density at radius 3 is 2.62 bits per heavy atom. The summed E-state index contributed by atoms with van der Waals surface area (Å²) in [6.07, 6.45) is 1.60. The first-order valence-corrected chi connectivity index (χ1v) is 9.65. The molecule has 29 heavy (non-hydrogen) atoms. The average Bonchev–Trinajstić information content (AvgIpc) is 3.02. The molecule has 1 aromatic heterocycles. The molecule has 0 atom stereocenters. The number of ether oxygens (including phenoxy) is 1. The van der Waals surface area contributed by atoms with Gasteiger partial charge in [-0.05, 0) is 49.2 Å². The number of aryl methyl sites for hydroxylation is 1. The number of nitrogens with one attached hydrogen (secondary N) is 1. The second-order valence-electron chi connectivity index (χ2n) is 6.66. The molecule has 0 aliphatic carbocycles. The average molecular weight is 385 g/mol. The van der Waals surface area contributed by atoms with Crippen LogP contribution in [0.1, 0.15) is 31.0 Å². The van der Waals surface area contributed by atoms with Crippen molar-refractivity contribution in [3.05, 3.63) is 53.7 Å². The minimum Gasteiger partial charge on any atom is -0.497 e. The van der Waals surface area contributed by atoms with Gasteiger partial charge in [0.05, 0.1) is 26.2 Å². The fourth-order valence-corrected chi connectivity index (χ4v) is 3.20. The normalized spacial score (nSPS) is 10.4. The first kappa shape index (κ1) is 20.4. The molecule has 0 aliphatic heterocycles. The molecule has 0 saturated heterocycles. The van der Waals surface area contributed by atoms with E-state index >= 15 is 0 Å². The quantitative estimate of drug-likeness (QED) is 0.499. The topological polar surface area (TPSA) is 69.3 Å². The lowest BCUT2D eigenvalue weighted by Gasteiger charge is -2.05. The second kappa shape index (κ2) is 9.25. The number of fused-ring (bicyclic) bond motifs is 1. The van der Waals surface area contributed by atoms with E-state index in [1.54, 1.807) is 7.11 Å². The Kier molecular flexibility index (Phi) is 6.51. The largest absolute Gasteiger partial charge is 0.497 e. The molecular weight excluding hydrogens is 361 g/mol. The zero-order valence-electron chi connectivity index (χ0n) is 16.8. The number of nitrogens with zero attached hydrogens (tertiary/aromatic N) is 1. The number of amides is 1. The van der Waals surface area contributed by atoms with Gasteiger partial charge in [-0.15, -0.1) is 0 Å². The minimum atomic E-state index is -0.0371. The smallest absolute Gasteiger partial charge is 0.224 e. The van der Waals surface area contributed by atoms with Crippen molar-refractivity contribution in [1.29, 1.82) is 0 Å². The molecule has 5 nitrogen and oxygen atoms in total. The fourth-order valence-electron chi connectivity index (χ4n) is 3.20. The molecule has 2 radical (unpaired) electrons. The van der Waals surface area contributed by atoms with Gasteiger partial charge in [-0.1, -0.05) is 18.7 Å². The summed E-state index contributed by atoms with van der Waals surface area (Å²) in [6.45, 7) is 2.81. The first-order valence-electron chi connectivity index (χ1n) is 9.65. The van der Waals surface area contributed by atoms with Crippen LogP contribution in [0.2, 0.25) is 6.32 Å². The Hall–Kier alpha value is -3.33. The molecule has 3 N–H and O–H groups in total. The van der Waals surface area contributed by atoms with Crippen molar-refractivity contribution in [2.24, 2.45) is 0 Å². The summed E-state index contributed by atoms with van der Waals surface area (Å²) in [6, 6.07) is 13.3. The number of nitrogen functional groups attached to an aromatic ring is 1. The van der Waals surface area contributed by atoms with Crippen LogP contribution in [-0.2, 0) is 11.3 Å². The summed E-state index contributed by atoms with van der Waals surface area (Å²) in [5.74, 6) is 7.13. The zero-order chi connectivity index (χ0) is 20.8. The Balaban J connectivity index is 1.85. The Bertz CT molecular complexity index is 1080. The number of anilines is 2. The second-order valence-corrected chi connectivity index (χ2v) is 6.66. The zero-order valence-corrected chi connectivity index (χ0v) is 16.8. The molecule has 3 rings (SSSR count). The highest BCUT2D eigenvalue weighted by Crippen LogP contribution is 2.31. The Labute approximate surface area is 172 Å². The number of carbonyl (C=O) groups is 1. The van der Waals surface area contributed by atoms with Crippen LogP contribution >= 0.6 is 0 Å². The maximum atomic E-state index is 11.8. The van der Waals surface area contributed by atoms with Gasteiger partial charge in [-0.3, -0.25) is 4.79 Å². The van der Waals surface area contributed by atoms with Crippen molar-refractivity contribution in [2.45, 2.75) is 32.6 Å². The van der Waals surface area contributed by atoms with E-state index in [1.807, 2.05) is 42.5 Å². The van der Waals surface area contributed by atoms with E-state index in [-0.39, 0.29) is 5.91 Å². The SMILES string of the molecule is [B]CCCC(=O)Nc1ccc(C#Cc2c(N)c3ccc(OC)cc3n2CC)cc1. The number of hydrogen-bond acceptors (Lipinski definition) is 3. The van der Waals surface area contributed by atoms with E-state index in [4.69, 9.17) is 18.3 Å². The van der Waals surface area contributed by atoms with Crippen molar-refractivity contribution in [2.75, 3.05) is 18.2 Å². The van der Waals surface area contributed by atoms with Gasteiger partial charge in [0, 0.05) is 35.7 Å². The van der Waals surface area contributed by atoms with Gasteiger partial charge >= 0.3 is 0 Å². The van der Waals surface area contributed by atoms with Crippen LogP contribution in [0.25, 0.3) is 10.9 Å². The van der Waals surface area contributed by atoms with Crippen LogP contribution < -0.4 is 15.8 Å². The van der Waals surface area contributed by atoms with Crippen LogP contribution in [0.5, 0.6) is 5.75 Å². The van der Waals surface area contributed by atoms with Crippen LogP contribution in [0.3, 0.4) is 0 Å². The van der Waals surface area contributed by atoms with Crippen molar-refractivity contribution in [3.63, 3.8) is 0 Å². The highest BCUT2D eigenvalue weighted by molar-refractivity contribution is 6.08. The van der Waals surface area contributed by atoms with Crippen molar-refractivity contribution in [1.82, 2.24) is 4.57 Å². The van der Waals surface area contributed by atoms with Crippen molar-refractivity contribution < 1.29 is 9.53 Å². The lowest BCUT2D eigenvalue weighted by Crippen LogP contribution is -2.10. The molecule has 146 valence electrons. The lowest BCUT2D eigenvalue weighted by atomic mass is 10.0. The highest BCUT2D eigenvalue weighted by Gasteiger charge is 2.13. The van der Waals surface area contributed by atoms with Gasteiger partial charge in [0.1, 0.15) is 11.4 Å². The minimum absolute atomic E-state index is 0.0371. The van der Waals surface area contributed by atoms with Gasteiger partial charge in [-0.25, -0.2) is 0 Å². The van der Waals surface area contributed by atoms with E-state index in [0.717, 1.165) is 40.1 Å². The third-order valence-electron chi connectivity index (χ3n) is 4.73. The van der Waals surface area contributed by atoms with Gasteiger partial charge in [-0.2, -0.15) is 0 Å². The van der Waals surface area contributed by atoms with Crippen LogP contribution in [0, 0.1) is 11.8 Å². The molecule has 0 saturated carbocycles. The van der Waals surface area contributed by atoms with Gasteiger partial charge in [0.2, 0.25) is 5.91 Å². The summed E-state index contributed by atoms with van der Waals surface area (Å²) in [7, 11) is 7.08. The number of rotatable bonds is 6. The predicted octanol–water partition coefficient (Wildman–Crippen LogP) is 3.96. The molecule has 0 bridgehead atoms. The van der Waals surface area contributed by atoms with E-state index in [0.29, 0.717) is 24.8 Å². The lowest BCUT2D eigenvalue weighted by molar-refractivity contribution is -0.116. The van der Waals surface area contributed by atoms with Crippen LogP contribution in [0.15, 0.2) is 42.5 Å². The number of nitrogens with two attached hydrogens (primary N) is 1. The highest BCUT2D eigenvalue weighted by atomic mass is 16.5. The van der Waals surface area contributed by atoms with Crippen molar-refractivity contribution in [3.8, 4) is 17.6 Å². The summed E-state index contributed by atoms with van der Waals surface area (Å²) in [4.78, 5) is 11.8. The Morgan fingerprint density at radius 1 is 1.21 bits per heavy atom. The summed E-state index contributed by atoms with van der Waals surface area (Å²) in [5.41, 5.74) is 10.4. The molecule has 3 aromatic rings. The Morgan fingerprint density at radius 2 is 1.97 bits per heavy atom. The molecule has 0 aliphatic rings. The molecule has 6 heteroatoms. The molecular formula is C23H24BN3O2. The van der Waals surface area contributed by atoms with E-state index in [2.05, 4.69) is 28.6 Å². The van der Waals surface area contributed by atoms with E-state index in [9.17, 15) is 4.79 Å². The van der Waals surface area contributed by atoms with E-state index < -0.39 is 0 Å². The molecule has 0 unspecified atom stereocenters. The number of hydrogen-bond donors (Lipinski definition) is 2. The maximum Gasteiger partial charge on any atom is 0.224 e. The fraction of sp³-hybridized carbons (Fsp3) is 0.261. The van der Waals surface area contributed by atoms with Gasteiger partial charge in [0.15, 0.2) is 0 Å². The van der Waals surface area contributed by atoms with Crippen LogP contribution in [0.4, 0.5) is 11.4 Å². The van der Waals surface area contributed by atoms with E-state index in [1.165, 1.54) is 0 Å². The predicted molar refractivity (Wildman–Crippen MR) is 119 cm³/mol. The van der Waals surface area contributed by atoms with Gasteiger partial charge in [0.25, 0.3) is 0 Å². The third kappa shape index (κ3) is 4.57. The van der Waals surface area contributed by atoms with Gasteiger partial charge < -0.3 is 20.4 Å². The monoisotopic (exact) mass is 385 g/mol. The molecule has 0 spiro atoms. The number of carbonyl (C=O) groups excluding carboxylic acids is 1.